The number of ether oxygens (including phenoxy) is 2. The SMILES string of the molecule is CNC(=O)c1ccc(-c2cc3nccc(-c4ccc(OC5CCOCC5)c(C#N)c4)c3o2)cc1. The number of rotatable bonds is 5. The standard InChI is InChI=1S/C27H23N3O4/c1-29-27(31)18-4-2-17(3-5-18)25-15-23-26(34-25)22(8-11-30-23)19-6-7-24(20(14-19)16-28)33-21-9-12-32-13-10-21/h2-8,11,14-15,21H,9-10,12-13H2,1H3,(H,29,31). The van der Waals surface area contributed by atoms with Crippen LogP contribution in [0.1, 0.15) is 28.8 Å². The lowest BCUT2D eigenvalue weighted by Gasteiger charge is -2.23. The largest absolute Gasteiger partial charge is 0.489 e. The topological polar surface area (TPSA) is 97.4 Å². The van der Waals surface area contributed by atoms with Crippen molar-refractivity contribution in [1.82, 2.24) is 10.3 Å². The number of hydrogen-bond donors (Lipinski definition) is 1. The van der Waals surface area contributed by atoms with Gasteiger partial charge in [-0.15, -0.1) is 0 Å². The summed E-state index contributed by atoms with van der Waals surface area (Å²) >= 11 is 0. The Bertz CT molecular complexity index is 1380. The molecular weight excluding hydrogens is 430 g/mol. The van der Waals surface area contributed by atoms with Crippen LogP contribution >= 0.6 is 0 Å². The molecule has 0 aliphatic carbocycles. The molecule has 2 aromatic carbocycles. The number of nitrogens with zero attached hydrogens (tertiary/aromatic N) is 2. The number of carbonyl (C=O) groups excluding carboxylic acids is 1. The van der Waals surface area contributed by atoms with Crippen LogP contribution in [0.2, 0.25) is 0 Å². The number of fused-ring (bicyclic) bond motifs is 1. The summed E-state index contributed by atoms with van der Waals surface area (Å²) in [6.45, 7) is 1.35. The average molecular weight is 453 g/mol. The van der Waals surface area contributed by atoms with Gasteiger partial charge >= 0.3 is 0 Å². The Kier molecular flexibility index (Phi) is 5.98. The Labute approximate surface area is 196 Å². The molecule has 7 heteroatoms. The molecule has 0 saturated carbocycles. The monoisotopic (exact) mass is 453 g/mol. The molecular formula is C27H23N3O4. The van der Waals surface area contributed by atoms with Gasteiger partial charge in [-0.25, -0.2) is 0 Å². The van der Waals surface area contributed by atoms with Crippen LogP contribution in [0, 0.1) is 11.3 Å². The van der Waals surface area contributed by atoms with Crippen molar-refractivity contribution in [2.24, 2.45) is 0 Å². The van der Waals surface area contributed by atoms with E-state index in [9.17, 15) is 10.1 Å². The maximum atomic E-state index is 11.8. The quantitative estimate of drug-likeness (QED) is 0.459. The van der Waals surface area contributed by atoms with E-state index in [2.05, 4.69) is 16.4 Å². The first-order valence-electron chi connectivity index (χ1n) is 11.2. The first-order valence-corrected chi connectivity index (χ1v) is 11.2. The van der Waals surface area contributed by atoms with Crippen molar-refractivity contribution in [1.29, 1.82) is 5.26 Å². The van der Waals surface area contributed by atoms with E-state index in [0.717, 1.165) is 29.5 Å². The zero-order valence-electron chi connectivity index (χ0n) is 18.7. The fourth-order valence-corrected chi connectivity index (χ4v) is 4.10. The zero-order chi connectivity index (χ0) is 23.5. The van der Waals surface area contributed by atoms with Crippen LogP contribution in [-0.2, 0) is 4.74 Å². The van der Waals surface area contributed by atoms with Crippen molar-refractivity contribution in [3.05, 3.63) is 71.9 Å². The van der Waals surface area contributed by atoms with Gasteiger partial charge in [-0.2, -0.15) is 5.26 Å². The predicted molar refractivity (Wildman–Crippen MR) is 127 cm³/mol. The number of benzene rings is 2. The average Bonchev–Trinajstić information content (AvgIpc) is 3.34. The van der Waals surface area contributed by atoms with E-state index >= 15 is 0 Å². The van der Waals surface area contributed by atoms with E-state index in [4.69, 9.17) is 13.9 Å². The molecule has 3 heterocycles. The van der Waals surface area contributed by atoms with Crippen LogP contribution < -0.4 is 10.1 Å². The summed E-state index contributed by atoms with van der Waals surface area (Å²) in [6.07, 6.45) is 3.42. The van der Waals surface area contributed by atoms with Crippen molar-refractivity contribution >= 4 is 17.0 Å². The van der Waals surface area contributed by atoms with Crippen LogP contribution in [0.25, 0.3) is 33.6 Å². The predicted octanol–water partition coefficient (Wildman–Crippen LogP) is 4.95. The van der Waals surface area contributed by atoms with Gasteiger partial charge in [0, 0.05) is 48.8 Å². The number of amides is 1. The Hall–Kier alpha value is -4.15. The molecule has 7 nitrogen and oxygen atoms in total. The highest BCUT2D eigenvalue weighted by Gasteiger charge is 2.19. The second-order valence-corrected chi connectivity index (χ2v) is 8.09. The number of hydrogen-bond acceptors (Lipinski definition) is 6. The third-order valence-electron chi connectivity index (χ3n) is 5.94. The van der Waals surface area contributed by atoms with Gasteiger partial charge in [-0.3, -0.25) is 9.78 Å². The Morgan fingerprint density at radius 1 is 1.09 bits per heavy atom. The zero-order valence-corrected chi connectivity index (χ0v) is 18.7. The number of nitriles is 1. The number of aromatic nitrogens is 1. The lowest BCUT2D eigenvalue weighted by atomic mass is 10.0. The highest BCUT2D eigenvalue weighted by Crippen LogP contribution is 2.35. The van der Waals surface area contributed by atoms with E-state index in [1.165, 1.54) is 0 Å². The summed E-state index contributed by atoms with van der Waals surface area (Å²) in [7, 11) is 1.60. The third-order valence-corrected chi connectivity index (χ3v) is 5.94. The molecule has 1 aliphatic heterocycles. The van der Waals surface area contributed by atoms with Gasteiger partial charge in [0.2, 0.25) is 0 Å². The minimum atomic E-state index is -0.141. The Morgan fingerprint density at radius 3 is 2.59 bits per heavy atom. The van der Waals surface area contributed by atoms with E-state index in [-0.39, 0.29) is 12.0 Å². The third kappa shape index (κ3) is 4.24. The molecule has 170 valence electrons. The van der Waals surface area contributed by atoms with Crippen LogP contribution in [-0.4, -0.2) is 37.3 Å². The highest BCUT2D eigenvalue weighted by molar-refractivity contribution is 5.95. The van der Waals surface area contributed by atoms with Crippen LogP contribution in [0.4, 0.5) is 0 Å². The lowest BCUT2D eigenvalue weighted by molar-refractivity contribution is 0.0254. The van der Waals surface area contributed by atoms with Crippen LogP contribution in [0.3, 0.4) is 0 Å². The number of furan rings is 1. The van der Waals surface area contributed by atoms with Crippen LogP contribution in [0.5, 0.6) is 5.75 Å². The lowest BCUT2D eigenvalue weighted by Crippen LogP contribution is -2.26. The van der Waals surface area contributed by atoms with Gasteiger partial charge in [-0.1, -0.05) is 18.2 Å². The summed E-state index contributed by atoms with van der Waals surface area (Å²) in [5.74, 6) is 1.09. The molecule has 1 amide bonds. The molecule has 5 rings (SSSR count). The number of pyridine rings is 1. The summed E-state index contributed by atoms with van der Waals surface area (Å²) in [4.78, 5) is 16.3. The fraction of sp³-hybridized carbons (Fsp3) is 0.222. The maximum absolute atomic E-state index is 11.8. The minimum Gasteiger partial charge on any atom is -0.489 e. The molecule has 1 fully saturated rings. The van der Waals surface area contributed by atoms with Gasteiger partial charge in [0.25, 0.3) is 5.91 Å². The van der Waals surface area contributed by atoms with E-state index in [0.29, 0.717) is 47.0 Å². The minimum absolute atomic E-state index is 0.0572. The van der Waals surface area contributed by atoms with Crippen molar-refractivity contribution < 1.29 is 18.7 Å². The van der Waals surface area contributed by atoms with Crippen molar-refractivity contribution in [3.8, 4) is 34.3 Å². The molecule has 1 N–H and O–H groups in total. The first-order chi connectivity index (χ1) is 16.7. The van der Waals surface area contributed by atoms with Crippen molar-refractivity contribution in [2.45, 2.75) is 18.9 Å². The molecule has 4 aromatic rings. The molecule has 0 radical (unpaired) electrons. The number of nitrogens with one attached hydrogen (secondary N) is 1. The molecule has 2 aromatic heterocycles. The van der Waals surface area contributed by atoms with Gasteiger partial charge in [0.05, 0.1) is 18.8 Å². The van der Waals surface area contributed by atoms with E-state index in [1.807, 2.05) is 42.5 Å². The second kappa shape index (κ2) is 9.38. The number of carbonyl (C=O) groups is 1. The first kappa shape index (κ1) is 21.7. The molecule has 0 spiro atoms. The molecule has 0 unspecified atom stereocenters. The van der Waals surface area contributed by atoms with E-state index < -0.39 is 0 Å². The summed E-state index contributed by atoms with van der Waals surface area (Å²) < 4.78 is 17.7. The molecule has 0 atom stereocenters. The summed E-state index contributed by atoms with van der Waals surface area (Å²) in [6, 6.07) is 18.8. The highest BCUT2D eigenvalue weighted by atomic mass is 16.5. The molecule has 0 bridgehead atoms. The Morgan fingerprint density at radius 2 is 1.85 bits per heavy atom. The van der Waals surface area contributed by atoms with Gasteiger partial charge < -0.3 is 19.2 Å². The van der Waals surface area contributed by atoms with Gasteiger partial charge in [-0.05, 0) is 35.9 Å². The maximum Gasteiger partial charge on any atom is 0.251 e. The summed E-state index contributed by atoms with van der Waals surface area (Å²) in [5, 5.41) is 12.4. The molecule has 34 heavy (non-hydrogen) atoms. The molecule has 1 saturated heterocycles. The van der Waals surface area contributed by atoms with Gasteiger partial charge in [0.1, 0.15) is 29.2 Å². The van der Waals surface area contributed by atoms with Crippen molar-refractivity contribution in [2.75, 3.05) is 20.3 Å². The Balaban J connectivity index is 1.47. The van der Waals surface area contributed by atoms with Crippen molar-refractivity contribution in [3.63, 3.8) is 0 Å². The van der Waals surface area contributed by atoms with Crippen LogP contribution in [0.15, 0.2) is 65.2 Å². The van der Waals surface area contributed by atoms with E-state index in [1.54, 1.807) is 25.4 Å². The summed E-state index contributed by atoms with van der Waals surface area (Å²) in [5.41, 5.74) is 4.93. The molecule has 1 aliphatic rings. The second-order valence-electron chi connectivity index (χ2n) is 8.09. The van der Waals surface area contributed by atoms with Gasteiger partial charge in [0.15, 0.2) is 5.58 Å². The fourth-order valence-electron chi connectivity index (χ4n) is 4.10. The smallest absolute Gasteiger partial charge is 0.251 e. The normalized spacial score (nSPS) is 14.0.